The van der Waals surface area contributed by atoms with Crippen molar-refractivity contribution in [1.29, 1.82) is 0 Å². The predicted octanol–water partition coefficient (Wildman–Crippen LogP) is 16.5. The van der Waals surface area contributed by atoms with Crippen LogP contribution in [0.25, 0.3) is 0 Å². The Labute approximate surface area is 389 Å². The molecule has 62 heavy (non-hydrogen) atoms. The smallest absolute Gasteiger partial charge is 0.323 e. The summed E-state index contributed by atoms with van der Waals surface area (Å²) in [6, 6.07) is -0.744. The minimum absolute atomic E-state index is 0.0351. The summed E-state index contributed by atoms with van der Waals surface area (Å²) in [5, 5.41) is 0. The van der Waals surface area contributed by atoms with Gasteiger partial charge >= 0.3 is 17.9 Å². The first-order valence-electron chi connectivity index (χ1n) is 27.3. The lowest BCUT2D eigenvalue weighted by Gasteiger charge is -2.19. The first kappa shape index (κ1) is 60.7. The van der Waals surface area contributed by atoms with Crippen LogP contribution in [0, 0.1) is 0 Å². The lowest BCUT2D eigenvalue weighted by Crippen LogP contribution is -2.36. The minimum Gasteiger partial charge on any atom is -0.465 e. The van der Waals surface area contributed by atoms with Crippen molar-refractivity contribution in [1.82, 2.24) is 0 Å². The molecular formula is C54H105NO6S. The molecule has 0 aliphatic heterocycles. The zero-order valence-electron chi connectivity index (χ0n) is 41.6. The molecule has 0 unspecified atom stereocenters. The lowest BCUT2D eigenvalue weighted by atomic mass is 10.0. The van der Waals surface area contributed by atoms with Crippen LogP contribution in [0.2, 0.25) is 0 Å². The van der Waals surface area contributed by atoms with Gasteiger partial charge in [0.25, 0.3) is 0 Å². The highest BCUT2D eigenvalue weighted by molar-refractivity contribution is 7.99. The lowest BCUT2D eigenvalue weighted by molar-refractivity contribution is -0.157. The molecule has 0 saturated heterocycles. The fourth-order valence-electron chi connectivity index (χ4n) is 8.16. The second kappa shape index (κ2) is 50.7. The van der Waals surface area contributed by atoms with E-state index in [1.807, 2.05) is 0 Å². The van der Waals surface area contributed by atoms with E-state index >= 15 is 0 Å². The number of hydrogen-bond acceptors (Lipinski definition) is 8. The van der Waals surface area contributed by atoms with E-state index in [1.54, 1.807) is 0 Å². The molecule has 0 fully saturated rings. The molecule has 7 nitrogen and oxygen atoms in total. The van der Waals surface area contributed by atoms with Crippen molar-refractivity contribution in [2.75, 3.05) is 24.7 Å². The molecular weight excluding hydrogens is 791 g/mol. The van der Waals surface area contributed by atoms with Gasteiger partial charge in [-0.15, -0.1) is 0 Å². The zero-order chi connectivity index (χ0) is 45.2. The van der Waals surface area contributed by atoms with E-state index in [9.17, 15) is 14.4 Å². The van der Waals surface area contributed by atoms with Crippen LogP contribution in [-0.4, -0.2) is 54.8 Å². The van der Waals surface area contributed by atoms with Crippen molar-refractivity contribution in [3.05, 3.63) is 0 Å². The van der Waals surface area contributed by atoms with E-state index in [0.29, 0.717) is 31.0 Å². The topological polar surface area (TPSA) is 105 Å². The van der Waals surface area contributed by atoms with Crippen LogP contribution in [0.15, 0.2) is 0 Å². The van der Waals surface area contributed by atoms with Crippen molar-refractivity contribution in [3.63, 3.8) is 0 Å². The van der Waals surface area contributed by atoms with E-state index in [-0.39, 0.29) is 24.5 Å². The number of carbonyl (C=O) groups is 3. The largest absolute Gasteiger partial charge is 0.465 e. The van der Waals surface area contributed by atoms with Crippen molar-refractivity contribution in [2.24, 2.45) is 5.73 Å². The Hall–Kier alpha value is -1.28. The molecule has 2 N–H and O–H groups in total. The standard InChI is InChI=1S/C54H105NO6S/c1-4-7-10-13-16-19-22-25-28-31-34-37-40-43-46-59-54(58)51(55)49-62-48-50(61-53(57)45-42-39-36-33-30-27-24-21-18-15-12-9-6-3)47-60-52(56)44-41-38-35-32-29-26-23-20-17-14-11-8-5-2/h50-51H,4-49,55H2,1-3H3/t50-,51+/m1/s1. The molecule has 0 amide bonds. The Morgan fingerprint density at radius 2 is 0.694 bits per heavy atom. The summed E-state index contributed by atoms with van der Waals surface area (Å²) < 4.78 is 17.0. The van der Waals surface area contributed by atoms with Crippen LogP contribution < -0.4 is 5.73 Å². The maximum Gasteiger partial charge on any atom is 0.323 e. The van der Waals surface area contributed by atoms with E-state index in [1.165, 1.54) is 217 Å². The first-order valence-corrected chi connectivity index (χ1v) is 28.4. The molecule has 0 aliphatic rings. The van der Waals surface area contributed by atoms with Crippen LogP contribution in [0.1, 0.15) is 290 Å². The molecule has 0 radical (unpaired) electrons. The van der Waals surface area contributed by atoms with Gasteiger partial charge in [0.15, 0.2) is 0 Å². The van der Waals surface area contributed by atoms with Gasteiger partial charge in [0.05, 0.1) is 6.61 Å². The molecule has 0 aromatic heterocycles. The van der Waals surface area contributed by atoms with E-state index in [4.69, 9.17) is 19.9 Å². The summed E-state index contributed by atoms with van der Waals surface area (Å²) in [6.07, 6.45) is 50.9. The highest BCUT2D eigenvalue weighted by Gasteiger charge is 2.20. The van der Waals surface area contributed by atoms with Crippen molar-refractivity contribution >= 4 is 29.7 Å². The van der Waals surface area contributed by atoms with Gasteiger partial charge in [-0.05, 0) is 19.3 Å². The summed E-state index contributed by atoms with van der Waals surface area (Å²) in [4.78, 5) is 38.1. The number of rotatable bonds is 51. The van der Waals surface area contributed by atoms with Crippen molar-refractivity contribution in [2.45, 2.75) is 303 Å². The third-order valence-electron chi connectivity index (χ3n) is 12.3. The third-order valence-corrected chi connectivity index (χ3v) is 13.5. The molecule has 2 atom stereocenters. The van der Waals surface area contributed by atoms with Gasteiger partial charge in [0, 0.05) is 24.3 Å². The molecule has 0 bridgehead atoms. The maximum absolute atomic E-state index is 12.9. The van der Waals surface area contributed by atoms with Crippen LogP contribution in [0.3, 0.4) is 0 Å². The molecule has 8 heteroatoms. The number of ether oxygens (including phenoxy) is 3. The number of nitrogens with two attached hydrogens (primary N) is 1. The number of thioether (sulfide) groups is 1. The minimum atomic E-state index is -0.744. The first-order chi connectivity index (χ1) is 30.4. The second-order valence-electron chi connectivity index (χ2n) is 18.7. The van der Waals surface area contributed by atoms with Crippen molar-refractivity contribution in [3.8, 4) is 0 Å². The summed E-state index contributed by atoms with van der Waals surface area (Å²) in [7, 11) is 0. The Balaban J connectivity index is 4.37. The Morgan fingerprint density at radius 1 is 0.387 bits per heavy atom. The molecule has 0 saturated carbocycles. The van der Waals surface area contributed by atoms with Crippen molar-refractivity contribution < 1.29 is 28.6 Å². The number of esters is 3. The van der Waals surface area contributed by atoms with Crippen LogP contribution in [-0.2, 0) is 28.6 Å². The maximum atomic E-state index is 12.9. The number of unbranched alkanes of at least 4 members (excludes halogenated alkanes) is 37. The fraction of sp³-hybridized carbons (Fsp3) is 0.944. The monoisotopic (exact) mass is 896 g/mol. The highest BCUT2D eigenvalue weighted by Crippen LogP contribution is 2.17. The molecule has 368 valence electrons. The third kappa shape index (κ3) is 46.7. The quantitative estimate of drug-likeness (QED) is 0.0366. The molecule has 0 heterocycles. The molecule has 0 aromatic rings. The Morgan fingerprint density at radius 3 is 1.05 bits per heavy atom. The molecule has 0 rings (SSSR count). The summed E-state index contributed by atoms with van der Waals surface area (Å²) >= 11 is 1.45. The van der Waals surface area contributed by atoms with Gasteiger partial charge in [0.1, 0.15) is 18.8 Å². The average Bonchev–Trinajstić information content (AvgIpc) is 3.27. The van der Waals surface area contributed by atoms with Gasteiger partial charge in [-0.3, -0.25) is 14.4 Å². The molecule has 0 aromatic carbocycles. The Bertz CT molecular complexity index is 950. The molecule has 0 spiro atoms. The van der Waals surface area contributed by atoms with Gasteiger partial charge < -0.3 is 19.9 Å². The fourth-order valence-corrected chi connectivity index (χ4v) is 9.12. The SMILES string of the molecule is CCCCCCCCCCCCCCCCOC(=O)[C@@H](N)CSC[C@@H](COC(=O)CCCCCCCCCCCCCCC)OC(=O)CCCCCCCCCCCCCCC. The average molecular weight is 897 g/mol. The number of carbonyl (C=O) groups excluding carboxylic acids is 3. The number of hydrogen-bond donors (Lipinski definition) is 1. The predicted molar refractivity (Wildman–Crippen MR) is 268 cm³/mol. The summed E-state index contributed by atoms with van der Waals surface area (Å²) in [5.41, 5.74) is 6.20. The van der Waals surface area contributed by atoms with E-state index < -0.39 is 12.1 Å². The van der Waals surface area contributed by atoms with Gasteiger partial charge in [-0.2, -0.15) is 11.8 Å². The van der Waals surface area contributed by atoms with Crippen LogP contribution in [0.5, 0.6) is 0 Å². The highest BCUT2D eigenvalue weighted by atomic mass is 32.2. The summed E-state index contributed by atoms with van der Waals surface area (Å²) in [5.74, 6) is -0.0944. The van der Waals surface area contributed by atoms with E-state index in [2.05, 4.69) is 20.8 Å². The van der Waals surface area contributed by atoms with Crippen LogP contribution in [0.4, 0.5) is 0 Å². The van der Waals surface area contributed by atoms with Gasteiger partial charge in [0.2, 0.25) is 0 Å². The van der Waals surface area contributed by atoms with E-state index in [0.717, 1.165) is 51.4 Å². The zero-order valence-corrected chi connectivity index (χ0v) is 42.4. The summed E-state index contributed by atoms with van der Waals surface area (Å²) in [6.45, 7) is 7.24. The Kier molecular flexibility index (Phi) is 49.7. The normalized spacial score (nSPS) is 12.4. The van der Waals surface area contributed by atoms with Gasteiger partial charge in [-0.1, -0.05) is 258 Å². The van der Waals surface area contributed by atoms with Gasteiger partial charge in [-0.25, -0.2) is 0 Å². The second-order valence-corrected chi connectivity index (χ2v) is 19.8. The van der Waals surface area contributed by atoms with Crippen LogP contribution >= 0.6 is 11.8 Å². The molecule has 0 aliphatic carbocycles.